The maximum absolute atomic E-state index is 12.8. The summed E-state index contributed by atoms with van der Waals surface area (Å²) in [4.78, 5) is 16.3. The number of aliphatic hydroxyl groups is 1. The van der Waals surface area contributed by atoms with Gasteiger partial charge in [-0.15, -0.1) is 11.3 Å². The Morgan fingerprint density at radius 2 is 2.17 bits per heavy atom. The van der Waals surface area contributed by atoms with Crippen molar-refractivity contribution in [3.05, 3.63) is 41.3 Å². The summed E-state index contributed by atoms with van der Waals surface area (Å²) >= 11 is 1.48. The van der Waals surface area contributed by atoms with Gasteiger partial charge in [-0.2, -0.15) is 0 Å². The highest BCUT2D eigenvalue weighted by Gasteiger charge is 2.29. The molecule has 1 aromatic heterocycles. The largest absolute Gasteiger partial charge is 0.492 e. The Bertz CT molecular complexity index is 668. The van der Waals surface area contributed by atoms with E-state index in [0.29, 0.717) is 30.3 Å². The van der Waals surface area contributed by atoms with Gasteiger partial charge in [0.15, 0.2) is 0 Å². The van der Waals surface area contributed by atoms with E-state index in [1.54, 1.807) is 0 Å². The number of aliphatic hydroxyl groups excluding tert-OH is 1. The zero-order valence-electron chi connectivity index (χ0n) is 13.2. The number of carbonyl (C=O) groups excluding carboxylic acids is 1. The van der Waals surface area contributed by atoms with Crippen molar-refractivity contribution < 1.29 is 14.6 Å². The van der Waals surface area contributed by atoms with Gasteiger partial charge in [-0.1, -0.05) is 30.3 Å². The van der Waals surface area contributed by atoms with Crippen LogP contribution in [0.4, 0.5) is 0 Å². The van der Waals surface area contributed by atoms with Crippen LogP contribution in [0.25, 0.3) is 10.4 Å². The fourth-order valence-corrected chi connectivity index (χ4v) is 3.92. The first-order chi connectivity index (χ1) is 11.2. The molecule has 2 aromatic rings. The van der Waals surface area contributed by atoms with Crippen molar-refractivity contribution in [2.24, 2.45) is 5.92 Å². The van der Waals surface area contributed by atoms with Crippen molar-refractivity contribution in [1.82, 2.24) is 4.90 Å². The fourth-order valence-electron chi connectivity index (χ4n) is 2.84. The molecule has 3 rings (SSSR count). The van der Waals surface area contributed by atoms with Crippen molar-refractivity contribution >= 4 is 17.2 Å². The molecule has 23 heavy (non-hydrogen) atoms. The third-order valence-corrected chi connectivity index (χ3v) is 5.24. The number of hydrogen-bond donors (Lipinski definition) is 1. The van der Waals surface area contributed by atoms with E-state index in [9.17, 15) is 9.90 Å². The second-order valence-electron chi connectivity index (χ2n) is 5.69. The lowest BCUT2D eigenvalue weighted by atomic mass is 10.1. The van der Waals surface area contributed by atoms with E-state index in [2.05, 4.69) is 0 Å². The molecule has 1 N–H and O–H groups in total. The van der Waals surface area contributed by atoms with E-state index < -0.39 is 0 Å². The Balaban J connectivity index is 1.88. The molecular weight excluding hydrogens is 310 g/mol. The molecule has 0 aliphatic carbocycles. The first-order valence-electron chi connectivity index (χ1n) is 7.95. The number of benzene rings is 1. The quantitative estimate of drug-likeness (QED) is 0.915. The van der Waals surface area contributed by atoms with Gasteiger partial charge in [0.25, 0.3) is 5.91 Å². The van der Waals surface area contributed by atoms with E-state index >= 15 is 0 Å². The van der Waals surface area contributed by atoms with Crippen LogP contribution < -0.4 is 4.74 Å². The van der Waals surface area contributed by atoms with Gasteiger partial charge >= 0.3 is 0 Å². The zero-order valence-corrected chi connectivity index (χ0v) is 14.0. The molecule has 1 aliphatic rings. The Morgan fingerprint density at radius 1 is 1.39 bits per heavy atom. The van der Waals surface area contributed by atoms with Crippen LogP contribution in [-0.4, -0.2) is 42.2 Å². The lowest BCUT2D eigenvalue weighted by Gasteiger charge is -2.16. The molecule has 0 saturated carbocycles. The molecule has 1 unspecified atom stereocenters. The number of rotatable bonds is 5. The van der Waals surface area contributed by atoms with Gasteiger partial charge in [0.05, 0.1) is 6.61 Å². The second kappa shape index (κ2) is 7.15. The second-order valence-corrected chi connectivity index (χ2v) is 6.74. The first kappa shape index (κ1) is 16.0. The van der Waals surface area contributed by atoms with Gasteiger partial charge in [0.1, 0.15) is 10.6 Å². The van der Waals surface area contributed by atoms with Crippen LogP contribution in [0.1, 0.15) is 23.0 Å². The first-order valence-corrected chi connectivity index (χ1v) is 8.76. The van der Waals surface area contributed by atoms with Gasteiger partial charge in [-0.05, 0) is 25.0 Å². The summed E-state index contributed by atoms with van der Waals surface area (Å²) < 4.78 is 5.69. The summed E-state index contributed by atoms with van der Waals surface area (Å²) in [5.74, 6) is 0.869. The van der Waals surface area contributed by atoms with Crippen LogP contribution >= 0.6 is 11.3 Å². The van der Waals surface area contributed by atoms with Gasteiger partial charge in [-0.25, -0.2) is 0 Å². The highest BCUT2D eigenvalue weighted by atomic mass is 32.1. The molecule has 1 atom stereocenters. The monoisotopic (exact) mass is 331 g/mol. The molecule has 0 radical (unpaired) electrons. The summed E-state index contributed by atoms with van der Waals surface area (Å²) in [5.41, 5.74) is 1.09. The molecule has 2 heterocycles. The van der Waals surface area contributed by atoms with Crippen LogP contribution in [0.15, 0.2) is 36.4 Å². The van der Waals surface area contributed by atoms with Gasteiger partial charge in [-0.3, -0.25) is 4.79 Å². The Morgan fingerprint density at radius 3 is 2.83 bits per heavy atom. The lowest BCUT2D eigenvalue weighted by molar-refractivity contribution is 0.0783. The number of nitrogens with zero attached hydrogens (tertiary/aromatic N) is 1. The standard InChI is InChI=1S/C18H21NO3S/c1-2-22-15-10-16(14-6-4-3-5-7-14)23-17(15)18(21)19-9-8-13(11-19)12-20/h3-7,10,13,20H,2,8-9,11-12H2,1H3. The number of likely N-dealkylation sites (tertiary alicyclic amines) is 1. The van der Waals surface area contributed by atoms with Crippen molar-refractivity contribution in [2.75, 3.05) is 26.3 Å². The Labute approximate surface area is 140 Å². The predicted octanol–water partition coefficient (Wildman–Crippen LogP) is 3.27. The van der Waals surface area contributed by atoms with Crippen molar-refractivity contribution in [3.63, 3.8) is 0 Å². The minimum Gasteiger partial charge on any atom is -0.492 e. The summed E-state index contributed by atoms with van der Waals surface area (Å²) in [5, 5.41) is 9.27. The number of ether oxygens (including phenoxy) is 1. The molecule has 1 fully saturated rings. The molecule has 0 bridgehead atoms. The normalized spacial score (nSPS) is 17.5. The number of amides is 1. The molecule has 1 saturated heterocycles. The molecule has 122 valence electrons. The minimum absolute atomic E-state index is 0.0107. The maximum Gasteiger partial charge on any atom is 0.267 e. The van der Waals surface area contributed by atoms with Gasteiger partial charge in [0, 0.05) is 30.5 Å². The van der Waals surface area contributed by atoms with Crippen molar-refractivity contribution in [2.45, 2.75) is 13.3 Å². The van der Waals surface area contributed by atoms with Crippen molar-refractivity contribution in [1.29, 1.82) is 0 Å². The number of carbonyl (C=O) groups is 1. The summed E-state index contributed by atoms with van der Waals surface area (Å²) in [6.45, 7) is 3.92. The topological polar surface area (TPSA) is 49.8 Å². The lowest BCUT2D eigenvalue weighted by Crippen LogP contribution is -2.28. The molecule has 1 aliphatic heterocycles. The Hall–Kier alpha value is -1.85. The highest BCUT2D eigenvalue weighted by Crippen LogP contribution is 2.37. The number of hydrogen-bond acceptors (Lipinski definition) is 4. The van der Waals surface area contributed by atoms with Crippen LogP contribution in [0.2, 0.25) is 0 Å². The van der Waals surface area contributed by atoms with Gasteiger partial charge < -0.3 is 14.7 Å². The Kier molecular flexibility index (Phi) is 4.98. The smallest absolute Gasteiger partial charge is 0.267 e. The molecule has 1 aromatic carbocycles. The van der Waals surface area contributed by atoms with E-state index in [-0.39, 0.29) is 18.4 Å². The predicted molar refractivity (Wildman–Crippen MR) is 92.0 cm³/mol. The maximum atomic E-state index is 12.8. The van der Waals surface area contributed by atoms with Crippen molar-refractivity contribution in [3.8, 4) is 16.2 Å². The third-order valence-electron chi connectivity index (χ3n) is 4.08. The van der Waals surface area contributed by atoms with Crippen LogP contribution in [0.5, 0.6) is 5.75 Å². The minimum atomic E-state index is 0.0107. The van der Waals surface area contributed by atoms with E-state index in [1.165, 1.54) is 11.3 Å². The number of thiophene rings is 1. The molecule has 5 heteroatoms. The molecular formula is C18H21NO3S. The van der Waals surface area contributed by atoms with Crippen LogP contribution in [0.3, 0.4) is 0 Å². The summed E-state index contributed by atoms with van der Waals surface area (Å²) in [6.07, 6.45) is 0.864. The van der Waals surface area contributed by atoms with E-state index in [0.717, 1.165) is 16.9 Å². The SMILES string of the molecule is CCOc1cc(-c2ccccc2)sc1C(=O)N1CCC(CO)C1. The molecule has 4 nitrogen and oxygen atoms in total. The zero-order chi connectivity index (χ0) is 16.2. The molecule has 0 spiro atoms. The van der Waals surface area contributed by atoms with Crippen LogP contribution in [-0.2, 0) is 0 Å². The van der Waals surface area contributed by atoms with Gasteiger partial charge in [0.2, 0.25) is 0 Å². The fraction of sp³-hybridized carbons (Fsp3) is 0.389. The van der Waals surface area contributed by atoms with E-state index in [4.69, 9.17) is 4.74 Å². The van der Waals surface area contributed by atoms with E-state index in [1.807, 2.05) is 48.2 Å². The third kappa shape index (κ3) is 3.41. The van der Waals surface area contributed by atoms with Crippen LogP contribution in [0, 0.1) is 5.92 Å². The average Bonchev–Trinajstić information content (AvgIpc) is 3.22. The molecule has 1 amide bonds. The average molecular weight is 331 g/mol. The highest BCUT2D eigenvalue weighted by molar-refractivity contribution is 7.17. The summed E-state index contributed by atoms with van der Waals surface area (Å²) in [7, 11) is 0. The summed E-state index contributed by atoms with van der Waals surface area (Å²) in [6, 6.07) is 12.0.